The molecular weight excluding hydrogens is 343 g/mol. The lowest BCUT2D eigenvalue weighted by molar-refractivity contribution is 0.320. The smallest absolute Gasteiger partial charge is 0.278 e. The van der Waals surface area contributed by atoms with Crippen molar-refractivity contribution in [2.24, 2.45) is 0 Å². The van der Waals surface area contributed by atoms with E-state index in [1.165, 1.54) is 16.8 Å². The largest absolute Gasteiger partial charge is 0.493 e. The summed E-state index contributed by atoms with van der Waals surface area (Å²) in [6.45, 7) is 5.03. The number of benzene rings is 2. The molecule has 0 amide bonds. The van der Waals surface area contributed by atoms with Gasteiger partial charge in [-0.1, -0.05) is 44.5 Å². The number of nitrogens with zero attached hydrogens (tertiary/aromatic N) is 2. The van der Waals surface area contributed by atoms with E-state index in [0.29, 0.717) is 24.3 Å². The molecule has 3 rings (SSSR count). The number of hydrogen-bond donors (Lipinski definition) is 0. The summed E-state index contributed by atoms with van der Waals surface area (Å²) in [5, 5.41) is 6.07. The number of aromatic nitrogens is 2. The number of aryl methyl sites for hydroxylation is 1. The van der Waals surface area contributed by atoms with E-state index in [4.69, 9.17) is 4.74 Å². The molecule has 142 valence electrons. The molecular formula is C22H25FN2O2. The van der Waals surface area contributed by atoms with Crippen LogP contribution in [0, 0.1) is 5.82 Å². The van der Waals surface area contributed by atoms with Gasteiger partial charge in [0, 0.05) is 5.39 Å². The van der Waals surface area contributed by atoms with Crippen LogP contribution < -0.4 is 10.3 Å². The molecule has 0 saturated carbocycles. The first-order valence-electron chi connectivity index (χ1n) is 9.54. The molecule has 1 aromatic heterocycles. The quantitative estimate of drug-likeness (QED) is 0.578. The molecule has 5 heteroatoms. The highest BCUT2D eigenvalue weighted by atomic mass is 19.1. The lowest BCUT2D eigenvalue weighted by Crippen LogP contribution is -2.26. The number of fused-ring (bicyclic) bond motifs is 1. The zero-order chi connectivity index (χ0) is 19.2. The summed E-state index contributed by atoms with van der Waals surface area (Å²) in [4.78, 5) is 13.2. The fourth-order valence-electron chi connectivity index (χ4n) is 3.10. The predicted octanol–water partition coefficient (Wildman–Crippen LogP) is 4.72. The summed E-state index contributed by atoms with van der Waals surface area (Å²) in [5.41, 5.74) is 1.55. The van der Waals surface area contributed by atoms with Gasteiger partial charge in [-0.15, -0.1) is 0 Å². The average molecular weight is 368 g/mol. The van der Waals surface area contributed by atoms with Crippen LogP contribution in [0.4, 0.5) is 4.39 Å². The van der Waals surface area contributed by atoms with E-state index in [1.54, 1.807) is 12.1 Å². The van der Waals surface area contributed by atoms with E-state index in [0.717, 1.165) is 42.3 Å². The predicted molar refractivity (Wildman–Crippen MR) is 106 cm³/mol. The topological polar surface area (TPSA) is 44.1 Å². The van der Waals surface area contributed by atoms with Gasteiger partial charge in [-0.25, -0.2) is 9.07 Å². The first kappa shape index (κ1) is 19.1. The van der Waals surface area contributed by atoms with Gasteiger partial charge in [0.15, 0.2) is 0 Å². The second-order valence-electron chi connectivity index (χ2n) is 6.67. The van der Waals surface area contributed by atoms with Crippen LogP contribution in [-0.4, -0.2) is 16.4 Å². The fourth-order valence-corrected chi connectivity index (χ4v) is 3.10. The molecule has 0 aliphatic rings. The standard InChI is InChI=1S/C22H25FN2O2/c1-3-5-8-19-18-7-6-9-20(27-14-4-2)21(18)22(26)25(24-19)15-16-10-12-17(23)13-11-16/h6-7,9-13H,3-5,8,14-15H2,1-2H3. The van der Waals surface area contributed by atoms with Crippen molar-refractivity contribution in [3.63, 3.8) is 0 Å². The summed E-state index contributed by atoms with van der Waals surface area (Å²) in [6, 6.07) is 11.8. The van der Waals surface area contributed by atoms with Crippen LogP contribution >= 0.6 is 0 Å². The molecule has 0 fully saturated rings. The van der Waals surface area contributed by atoms with Gasteiger partial charge in [-0.2, -0.15) is 5.10 Å². The first-order chi connectivity index (χ1) is 13.1. The molecule has 0 aliphatic heterocycles. The van der Waals surface area contributed by atoms with Crippen molar-refractivity contribution in [2.75, 3.05) is 6.61 Å². The number of rotatable bonds is 8. The van der Waals surface area contributed by atoms with Crippen LogP contribution in [0.3, 0.4) is 0 Å². The van der Waals surface area contributed by atoms with Crippen molar-refractivity contribution in [3.05, 3.63) is 69.9 Å². The van der Waals surface area contributed by atoms with Crippen LogP contribution in [0.15, 0.2) is 47.3 Å². The number of ether oxygens (including phenoxy) is 1. The van der Waals surface area contributed by atoms with Gasteiger partial charge < -0.3 is 4.74 Å². The molecule has 0 radical (unpaired) electrons. The van der Waals surface area contributed by atoms with E-state index >= 15 is 0 Å². The lowest BCUT2D eigenvalue weighted by Gasteiger charge is -2.14. The molecule has 0 bridgehead atoms. The zero-order valence-electron chi connectivity index (χ0n) is 15.9. The van der Waals surface area contributed by atoms with Crippen molar-refractivity contribution < 1.29 is 9.13 Å². The van der Waals surface area contributed by atoms with E-state index in [2.05, 4.69) is 12.0 Å². The van der Waals surface area contributed by atoms with Gasteiger partial charge in [0.25, 0.3) is 5.56 Å². The van der Waals surface area contributed by atoms with E-state index in [1.807, 2.05) is 25.1 Å². The number of hydrogen-bond acceptors (Lipinski definition) is 3. The Bertz CT molecular complexity index is 964. The Kier molecular flexibility index (Phi) is 6.22. The monoisotopic (exact) mass is 368 g/mol. The molecule has 2 aromatic carbocycles. The highest BCUT2D eigenvalue weighted by Gasteiger charge is 2.15. The van der Waals surface area contributed by atoms with Gasteiger partial charge >= 0.3 is 0 Å². The number of unbranched alkanes of at least 4 members (excludes halogenated alkanes) is 1. The van der Waals surface area contributed by atoms with Gasteiger partial charge in [0.1, 0.15) is 11.6 Å². The maximum absolute atomic E-state index is 13.2. The van der Waals surface area contributed by atoms with Crippen molar-refractivity contribution in [1.29, 1.82) is 0 Å². The van der Waals surface area contributed by atoms with Crippen molar-refractivity contribution in [1.82, 2.24) is 9.78 Å². The average Bonchev–Trinajstić information content (AvgIpc) is 2.69. The summed E-state index contributed by atoms with van der Waals surface area (Å²) in [6.07, 6.45) is 3.71. The molecule has 0 aliphatic carbocycles. The molecule has 0 N–H and O–H groups in total. The molecule has 27 heavy (non-hydrogen) atoms. The van der Waals surface area contributed by atoms with Crippen LogP contribution in [0.1, 0.15) is 44.4 Å². The van der Waals surface area contributed by atoms with Gasteiger partial charge in [0.05, 0.1) is 24.2 Å². The Morgan fingerprint density at radius 1 is 1.07 bits per heavy atom. The highest BCUT2D eigenvalue weighted by molar-refractivity contribution is 5.89. The van der Waals surface area contributed by atoms with Crippen LogP contribution in [0.5, 0.6) is 5.75 Å². The fraction of sp³-hybridized carbons (Fsp3) is 0.364. The molecule has 0 unspecified atom stereocenters. The maximum Gasteiger partial charge on any atom is 0.278 e. The molecule has 0 spiro atoms. The Balaban J connectivity index is 2.13. The Labute approximate surface area is 158 Å². The van der Waals surface area contributed by atoms with Crippen LogP contribution in [-0.2, 0) is 13.0 Å². The molecule has 4 nitrogen and oxygen atoms in total. The summed E-state index contributed by atoms with van der Waals surface area (Å²) >= 11 is 0. The Hall–Kier alpha value is -2.69. The maximum atomic E-state index is 13.2. The third-order valence-corrected chi connectivity index (χ3v) is 4.50. The summed E-state index contributed by atoms with van der Waals surface area (Å²) in [7, 11) is 0. The van der Waals surface area contributed by atoms with Crippen molar-refractivity contribution in [2.45, 2.75) is 46.1 Å². The Morgan fingerprint density at radius 3 is 2.56 bits per heavy atom. The molecule has 0 atom stereocenters. The second kappa shape index (κ2) is 8.80. The molecule has 0 saturated heterocycles. The van der Waals surface area contributed by atoms with Gasteiger partial charge in [0.2, 0.25) is 0 Å². The lowest BCUT2D eigenvalue weighted by atomic mass is 10.1. The third-order valence-electron chi connectivity index (χ3n) is 4.50. The third kappa shape index (κ3) is 4.35. The molecule has 1 heterocycles. The minimum Gasteiger partial charge on any atom is -0.493 e. The highest BCUT2D eigenvalue weighted by Crippen LogP contribution is 2.25. The van der Waals surface area contributed by atoms with Gasteiger partial charge in [-0.3, -0.25) is 4.79 Å². The van der Waals surface area contributed by atoms with Crippen LogP contribution in [0.2, 0.25) is 0 Å². The number of halogens is 1. The summed E-state index contributed by atoms with van der Waals surface area (Å²) < 4.78 is 20.5. The Morgan fingerprint density at radius 2 is 1.85 bits per heavy atom. The normalized spacial score (nSPS) is 11.1. The second-order valence-corrected chi connectivity index (χ2v) is 6.67. The molecule has 3 aromatic rings. The van der Waals surface area contributed by atoms with Crippen molar-refractivity contribution in [3.8, 4) is 5.75 Å². The van der Waals surface area contributed by atoms with E-state index in [9.17, 15) is 9.18 Å². The summed E-state index contributed by atoms with van der Waals surface area (Å²) in [5.74, 6) is 0.309. The van der Waals surface area contributed by atoms with Crippen molar-refractivity contribution >= 4 is 10.8 Å². The SMILES string of the molecule is CCCCc1nn(Cc2ccc(F)cc2)c(=O)c2c(OCCC)cccc12. The van der Waals surface area contributed by atoms with E-state index in [-0.39, 0.29) is 11.4 Å². The van der Waals surface area contributed by atoms with Gasteiger partial charge in [-0.05, 0) is 43.0 Å². The zero-order valence-corrected chi connectivity index (χ0v) is 15.9. The van der Waals surface area contributed by atoms with E-state index < -0.39 is 0 Å². The first-order valence-corrected chi connectivity index (χ1v) is 9.54. The minimum absolute atomic E-state index is 0.179. The van der Waals surface area contributed by atoms with Crippen LogP contribution in [0.25, 0.3) is 10.8 Å². The minimum atomic E-state index is -0.295.